The average molecular weight is 251 g/mol. The molecule has 0 aromatic carbocycles. The Bertz CT molecular complexity index is 263. The van der Waals surface area contributed by atoms with Crippen LogP contribution in [0.5, 0.6) is 0 Å². The highest BCUT2D eigenvalue weighted by molar-refractivity contribution is 5.80. The first-order chi connectivity index (χ1) is 8.79. The van der Waals surface area contributed by atoms with E-state index >= 15 is 0 Å². The van der Waals surface area contributed by atoms with Gasteiger partial charge in [-0.25, -0.2) is 0 Å². The summed E-state index contributed by atoms with van der Waals surface area (Å²) in [7, 11) is 0. The number of piperidine rings is 1. The summed E-state index contributed by atoms with van der Waals surface area (Å²) >= 11 is 0. The third-order valence-electron chi connectivity index (χ3n) is 4.15. The van der Waals surface area contributed by atoms with Crippen LogP contribution in [0.3, 0.4) is 0 Å². The molecule has 0 aromatic heterocycles. The van der Waals surface area contributed by atoms with Gasteiger partial charge in [-0.3, -0.25) is 4.99 Å². The molecule has 0 radical (unpaired) electrons. The van der Waals surface area contributed by atoms with Gasteiger partial charge in [0.25, 0.3) is 0 Å². The molecule has 2 aliphatic rings. The van der Waals surface area contributed by atoms with Gasteiger partial charge < -0.3 is 10.2 Å². The number of nitrogens with one attached hydrogen (secondary N) is 1. The van der Waals surface area contributed by atoms with Crippen LogP contribution in [-0.2, 0) is 0 Å². The second-order valence-corrected chi connectivity index (χ2v) is 5.99. The summed E-state index contributed by atoms with van der Waals surface area (Å²) in [6.07, 6.45) is 8.21. The van der Waals surface area contributed by atoms with Crippen molar-refractivity contribution in [3.05, 3.63) is 0 Å². The van der Waals surface area contributed by atoms with Gasteiger partial charge in [0.2, 0.25) is 0 Å². The predicted molar refractivity (Wildman–Crippen MR) is 77.9 cm³/mol. The van der Waals surface area contributed by atoms with Crippen molar-refractivity contribution in [3.63, 3.8) is 0 Å². The van der Waals surface area contributed by atoms with Gasteiger partial charge in [-0.15, -0.1) is 0 Å². The fourth-order valence-corrected chi connectivity index (χ4v) is 2.62. The van der Waals surface area contributed by atoms with Crippen LogP contribution < -0.4 is 5.32 Å². The first-order valence-corrected chi connectivity index (χ1v) is 7.83. The molecule has 1 saturated heterocycles. The highest BCUT2D eigenvalue weighted by atomic mass is 15.3. The average Bonchev–Trinajstić information content (AvgIpc) is 3.18. The van der Waals surface area contributed by atoms with E-state index in [-0.39, 0.29) is 0 Å². The molecule has 1 aliphatic carbocycles. The van der Waals surface area contributed by atoms with Crippen molar-refractivity contribution in [3.8, 4) is 0 Å². The van der Waals surface area contributed by atoms with E-state index in [0.717, 1.165) is 30.9 Å². The Morgan fingerprint density at radius 1 is 1.22 bits per heavy atom. The molecule has 1 N–H and O–H groups in total. The monoisotopic (exact) mass is 251 g/mol. The summed E-state index contributed by atoms with van der Waals surface area (Å²) in [5, 5.41) is 3.45. The minimum absolute atomic E-state index is 0.888. The summed E-state index contributed by atoms with van der Waals surface area (Å²) in [5.74, 6) is 3.08. The van der Waals surface area contributed by atoms with Crippen molar-refractivity contribution in [1.29, 1.82) is 0 Å². The molecule has 0 unspecified atom stereocenters. The van der Waals surface area contributed by atoms with Crippen LogP contribution in [0.1, 0.15) is 52.4 Å². The SMILES string of the molecule is CCNC(=NCCCC1CC1)N1CCC(C)CC1. The van der Waals surface area contributed by atoms with E-state index in [1.54, 1.807) is 0 Å². The zero-order chi connectivity index (χ0) is 12.8. The molecule has 0 amide bonds. The number of nitrogens with zero attached hydrogens (tertiary/aromatic N) is 2. The Morgan fingerprint density at radius 2 is 1.94 bits per heavy atom. The zero-order valence-corrected chi connectivity index (χ0v) is 12.1. The molecule has 0 spiro atoms. The lowest BCUT2D eigenvalue weighted by molar-refractivity contribution is 0.273. The van der Waals surface area contributed by atoms with Crippen molar-refractivity contribution in [1.82, 2.24) is 10.2 Å². The Kier molecular flexibility index (Phi) is 5.33. The van der Waals surface area contributed by atoms with Crippen molar-refractivity contribution in [2.24, 2.45) is 16.8 Å². The molecule has 1 aliphatic heterocycles. The molecule has 3 heteroatoms. The third-order valence-corrected chi connectivity index (χ3v) is 4.15. The van der Waals surface area contributed by atoms with Gasteiger partial charge >= 0.3 is 0 Å². The number of guanidine groups is 1. The maximum Gasteiger partial charge on any atom is 0.193 e. The lowest BCUT2D eigenvalue weighted by atomic mass is 10.00. The first-order valence-electron chi connectivity index (χ1n) is 7.83. The van der Waals surface area contributed by atoms with E-state index in [0.29, 0.717) is 0 Å². The van der Waals surface area contributed by atoms with Crippen molar-refractivity contribution < 1.29 is 0 Å². The van der Waals surface area contributed by atoms with Gasteiger partial charge in [-0.2, -0.15) is 0 Å². The number of aliphatic imine (C=N–C) groups is 1. The van der Waals surface area contributed by atoms with Crippen LogP contribution in [0, 0.1) is 11.8 Å². The molecular weight excluding hydrogens is 222 g/mol. The predicted octanol–water partition coefficient (Wildman–Crippen LogP) is 2.87. The quantitative estimate of drug-likeness (QED) is 0.462. The lowest BCUT2D eigenvalue weighted by Gasteiger charge is -2.33. The van der Waals surface area contributed by atoms with Crippen molar-refractivity contribution in [2.75, 3.05) is 26.2 Å². The molecule has 3 nitrogen and oxygen atoms in total. The van der Waals surface area contributed by atoms with Crippen LogP contribution in [0.15, 0.2) is 4.99 Å². The number of hydrogen-bond acceptors (Lipinski definition) is 1. The number of rotatable bonds is 5. The van der Waals surface area contributed by atoms with Gasteiger partial charge in [0.1, 0.15) is 0 Å². The van der Waals surface area contributed by atoms with Crippen LogP contribution in [0.25, 0.3) is 0 Å². The molecule has 0 atom stereocenters. The van der Waals surface area contributed by atoms with E-state index in [2.05, 4.69) is 24.1 Å². The second-order valence-electron chi connectivity index (χ2n) is 5.99. The van der Waals surface area contributed by atoms with E-state index in [4.69, 9.17) is 4.99 Å². The molecular formula is C15H29N3. The number of hydrogen-bond donors (Lipinski definition) is 1. The van der Waals surface area contributed by atoms with Crippen LogP contribution in [-0.4, -0.2) is 37.0 Å². The van der Waals surface area contributed by atoms with Gasteiger partial charge in [0, 0.05) is 26.2 Å². The third kappa shape index (κ3) is 4.51. The molecule has 18 heavy (non-hydrogen) atoms. The van der Waals surface area contributed by atoms with Gasteiger partial charge in [0.05, 0.1) is 0 Å². The standard InChI is InChI=1S/C15H29N3/c1-3-16-15(17-10-4-5-14-6-7-14)18-11-8-13(2)9-12-18/h13-14H,3-12H2,1-2H3,(H,16,17). The van der Waals surface area contributed by atoms with E-state index < -0.39 is 0 Å². The Labute approximate surface area is 112 Å². The van der Waals surface area contributed by atoms with Crippen LogP contribution in [0.4, 0.5) is 0 Å². The van der Waals surface area contributed by atoms with Gasteiger partial charge in [0.15, 0.2) is 5.96 Å². The van der Waals surface area contributed by atoms with Crippen molar-refractivity contribution in [2.45, 2.75) is 52.4 Å². The lowest BCUT2D eigenvalue weighted by Crippen LogP contribution is -2.45. The largest absolute Gasteiger partial charge is 0.357 e. The fraction of sp³-hybridized carbons (Fsp3) is 0.933. The van der Waals surface area contributed by atoms with Crippen LogP contribution >= 0.6 is 0 Å². The van der Waals surface area contributed by atoms with E-state index in [9.17, 15) is 0 Å². The van der Waals surface area contributed by atoms with Gasteiger partial charge in [-0.1, -0.05) is 19.8 Å². The summed E-state index contributed by atoms with van der Waals surface area (Å²) in [4.78, 5) is 7.24. The van der Waals surface area contributed by atoms with Crippen molar-refractivity contribution >= 4 is 5.96 Å². The molecule has 1 saturated carbocycles. The highest BCUT2D eigenvalue weighted by Crippen LogP contribution is 2.33. The summed E-state index contributed by atoms with van der Waals surface area (Å²) < 4.78 is 0. The maximum absolute atomic E-state index is 4.79. The highest BCUT2D eigenvalue weighted by Gasteiger charge is 2.20. The van der Waals surface area contributed by atoms with Gasteiger partial charge in [-0.05, 0) is 44.4 Å². The smallest absolute Gasteiger partial charge is 0.193 e. The summed E-state index contributed by atoms with van der Waals surface area (Å²) in [5.41, 5.74) is 0. The molecule has 0 bridgehead atoms. The summed E-state index contributed by atoms with van der Waals surface area (Å²) in [6, 6.07) is 0. The molecule has 2 rings (SSSR count). The Balaban J connectivity index is 1.75. The van der Waals surface area contributed by atoms with Crippen LogP contribution in [0.2, 0.25) is 0 Å². The minimum atomic E-state index is 0.888. The molecule has 2 fully saturated rings. The normalized spacial score (nSPS) is 22.3. The topological polar surface area (TPSA) is 27.6 Å². The Hall–Kier alpha value is -0.730. The molecule has 0 aromatic rings. The maximum atomic E-state index is 4.79. The zero-order valence-electron chi connectivity index (χ0n) is 12.1. The fourth-order valence-electron chi connectivity index (χ4n) is 2.62. The molecule has 1 heterocycles. The van der Waals surface area contributed by atoms with E-state index in [1.165, 1.54) is 51.6 Å². The minimum Gasteiger partial charge on any atom is -0.357 e. The van der Waals surface area contributed by atoms with E-state index in [1.807, 2.05) is 0 Å². The summed E-state index contributed by atoms with van der Waals surface area (Å²) in [6.45, 7) is 8.85. The molecule has 104 valence electrons. The number of likely N-dealkylation sites (tertiary alicyclic amines) is 1. The second kappa shape index (κ2) is 7.01. The first kappa shape index (κ1) is 13.7. The Morgan fingerprint density at radius 3 is 2.56 bits per heavy atom.